The second-order valence-electron chi connectivity index (χ2n) is 9.03. The Morgan fingerprint density at radius 2 is 1.61 bits per heavy atom. The van der Waals surface area contributed by atoms with Gasteiger partial charge in [-0.1, -0.05) is 50.2 Å². The molecule has 0 aliphatic rings. The van der Waals surface area contributed by atoms with Crippen LogP contribution in [-0.2, 0) is 25.5 Å². The van der Waals surface area contributed by atoms with Gasteiger partial charge in [-0.2, -0.15) is 0 Å². The molecule has 2 aromatic carbocycles. The zero-order valence-corrected chi connectivity index (χ0v) is 22.1. The van der Waals surface area contributed by atoms with Crippen molar-refractivity contribution < 1.29 is 33.9 Å². The third-order valence-electron chi connectivity index (χ3n) is 5.48. The van der Waals surface area contributed by atoms with E-state index in [4.69, 9.17) is 9.47 Å². The number of nitro groups is 1. The molecule has 0 fully saturated rings. The van der Waals surface area contributed by atoms with Crippen molar-refractivity contribution in [1.29, 1.82) is 0 Å². The number of non-ortho nitro benzene ring substituents is 1. The lowest BCUT2D eigenvalue weighted by molar-refractivity contribution is -0.384. The average molecular weight is 530 g/mol. The first-order chi connectivity index (χ1) is 18.0. The summed E-state index contributed by atoms with van der Waals surface area (Å²) < 4.78 is 9.98. The van der Waals surface area contributed by atoms with Crippen molar-refractivity contribution in [2.75, 3.05) is 26.3 Å². The molecule has 2 atom stereocenters. The van der Waals surface area contributed by atoms with Gasteiger partial charge in [-0.15, -0.1) is 0 Å². The molecular formula is C27H35N3O8. The van der Waals surface area contributed by atoms with E-state index in [1.807, 2.05) is 13.8 Å². The van der Waals surface area contributed by atoms with Gasteiger partial charge in [0.25, 0.3) is 5.69 Å². The monoisotopic (exact) mass is 529 g/mol. The Morgan fingerprint density at radius 1 is 0.974 bits per heavy atom. The molecule has 0 heterocycles. The molecule has 2 amide bonds. The Morgan fingerprint density at radius 3 is 2.18 bits per heavy atom. The predicted octanol–water partition coefficient (Wildman–Crippen LogP) is 3.33. The molecular weight excluding hydrogens is 494 g/mol. The number of amides is 2. The summed E-state index contributed by atoms with van der Waals surface area (Å²) in [6, 6.07) is 11.7. The number of aliphatic hydroxyl groups is 1. The summed E-state index contributed by atoms with van der Waals surface area (Å²) in [6.07, 6.45) is -1.41. The quantitative estimate of drug-likeness (QED) is 0.228. The van der Waals surface area contributed by atoms with E-state index >= 15 is 0 Å². The maximum Gasteiger partial charge on any atom is 0.336 e. The smallest absolute Gasteiger partial charge is 0.336 e. The van der Waals surface area contributed by atoms with Crippen LogP contribution in [0, 0.1) is 16.0 Å². The molecule has 2 N–H and O–H groups in total. The molecule has 2 aromatic rings. The Hall–Kier alpha value is -3.99. The maximum absolute atomic E-state index is 13.1. The van der Waals surface area contributed by atoms with Crippen LogP contribution in [0.3, 0.4) is 0 Å². The van der Waals surface area contributed by atoms with E-state index in [-0.39, 0.29) is 44.3 Å². The first-order valence-electron chi connectivity index (χ1n) is 12.5. The van der Waals surface area contributed by atoms with Crippen molar-refractivity contribution in [1.82, 2.24) is 10.2 Å². The Labute approximate surface area is 221 Å². The molecule has 206 valence electrons. The van der Waals surface area contributed by atoms with Gasteiger partial charge in [0.05, 0.1) is 24.7 Å². The molecule has 0 saturated heterocycles. The molecule has 2 rings (SSSR count). The Balaban J connectivity index is 2.20. The molecule has 11 heteroatoms. The van der Waals surface area contributed by atoms with Crippen LogP contribution in [0.5, 0.6) is 0 Å². The van der Waals surface area contributed by atoms with Crippen LogP contribution < -0.4 is 5.32 Å². The zero-order chi connectivity index (χ0) is 28.2. The summed E-state index contributed by atoms with van der Waals surface area (Å²) in [5.41, 5.74) is 2.13. The number of esters is 2. The van der Waals surface area contributed by atoms with Crippen molar-refractivity contribution in [2.45, 2.75) is 46.3 Å². The summed E-state index contributed by atoms with van der Waals surface area (Å²) in [4.78, 5) is 49.6. The number of urea groups is 1. The van der Waals surface area contributed by atoms with Gasteiger partial charge in [-0.25, -0.2) is 14.4 Å². The normalized spacial score (nSPS) is 12.4. The van der Waals surface area contributed by atoms with Gasteiger partial charge in [0.1, 0.15) is 6.04 Å². The van der Waals surface area contributed by atoms with E-state index in [2.05, 4.69) is 5.32 Å². The fraction of sp³-hybridized carbons (Fsp3) is 0.444. The topological polar surface area (TPSA) is 148 Å². The molecule has 0 bridgehead atoms. The van der Waals surface area contributed by atoms with E-state index in [0.29, 0.717) is 5.56 Å². The first kappa shape index (κ1) is 30.2. The lowest BCUT2D eigenvalue weighted by atomic mass is 10.0. The standard InChI is InChI=1S/C27H35N3O8/c1-5-37-25(32)23(28-27(34)29(16-18(3)4)17-24(31)26(33)38-6-2)14-19-10-12-20(13-11-19)21-8-7-9-22(15-21)30(35)36/h7-13,15,18,23-24,31H,5-6,14,16-17H2,1-4H3,(H,28,34)/t23-,24?/m0/s1. The number of nitrogens with one attached hydrogen (secondary N) is 1. The second kappa shape index (κ2) is 14.7. The summed E-state index contributed by atoms with van der Waals surface area (Å²) in [5.74, 6) is -1.43. The van der Waals surface area contributed by atoms with Crippen LogP contribution in [0.4, 0.5) is 10.5 Å². The minimum absolute atomic E-state index is 0.0179. The van der Waals surface area contributed by atoms with Gasteiger partial charge in [0.15, 0.2) is 6.10 Å². The number of hydrogen-bond donors (Lipinski definition) is 2. The molecule has 0 aromatic heterocycles. The van der Waals surface area contributed by atoms with Crippen LogP contribution in [0.2, 0.25) is 0 Å². The number of hydrogen-bond acceptors (Lipinski definition) is 8. The second-order valence-corrected chi connectivity index (χ2v) is 9.03. The third kappa shape index (κ3) is 9.15. The van der Waals surface area contributed by atoms with Crippen molar-refractivity contribution in [3.05, 3.63) is 64.2 Å². The fourth-order valence-corrected chi connectivity index (χ4v) is 3.75. The van der Waals surface area contributed by atoms with E-state index in [1.165, 1.54) is 17.0 Å². The van der Waals surface area contributed by atoms with E-state index < -0.39 is 35.0 Å². The van der Waals surface area contributed by atoms with Crippen LogP contribution in [0.25, 0.3) is 11.1 Å². The van der Waals surface area contributed by atoms with Crippen LogP contribution in [0.15, 0.2) is 48.5 Å². The van der Waals surface area contributed by atoms with Gasteiger partial charge in [-0.05, 0) is 36.5 Å². The number of carbonyl (C=O) groups is 3. The maximum atomic E-state index is 13.1. The number of aliphatic hydroxyl groups excluding tert-OH is 1. The van der Waals surface area contributed by atoms with Gasteiger partial charge in [-0.3, -0.25) is 10.1 Å². The van der Waals surface area contributed by atoms with Crippen molar-refractivity contribution in [3.63, 3.8) is 0 Å². The molecule has 0 radical (unpaired) electrons. The minimum Gasteiger partial charge on any atom is -0.464 e. The van der Waals surface area contributed by atoms with E-state index in [1.54, 1.807) is 50.2 Å². The van der Waals surface area contributed by atoms with Crippen LogP contribution in [0.1, 0.15) is 33.3 Å². The van der Waals surface area contributed by atoms with E-state index in [9.17, 15) is 29.6 Å². The molecule has 0 aliphatic carbocycles. The number of nitrogens with zero attached hydrogens (tertiary/aromatic N) is 2. The largest absolute Gasteiger partial charge is 0.464 e. The van der Waals surface area contributed by atoms with Gasteiger partial charge >= 0.3 is 18.0 Å². The molecule has 38 heavy (non-hydrogen) atoms. The van der Waals surface area contributed by atoms with Crippen molar-refractivity contribution in [3.8, 4) is 11.1 Å². The number of benzene rings is 2. The average Bonchev–Trinajstić information content (AvgIpc) is 2.88. The van der Waals surface area contributed by atoms with Crippen molar-refractivity contribution >= 4 is 23.7 Å². The highest BCUT2D eigenvalue weighted by molar-refractivity contribution is 5.84. The molecule has 0 spiro atoms. The highest BCUT2D eigenvalue weighted by atomic mass is 16.6. The lowest BCUT2D eigenvalue weighted by Crippen LogP contribution is -2.52. The summed E-state index contributed by atoms with van der Waals surface area (Å²) in [5, 5.41) is 23.9. The predicted molar refractivity (Wildman–Crippen MR) is 140 cm³/mol. The number of carbonyl (C=O) groups excluding carboxylic acids is 3. The number of rotatable bonds is 13. The fourth-order valence-electron chi connectivity index (χ4n) is 3.75. The summed E-state index contributed by atoms with van der Waals surface area (Å²) in [6.45, 7) is 7.18. The van der Waals surface area contributed by atoms with Crippen LogP contribution >= 0.6 is 0 Å². The van der Waals surface area contributed by atoms with E-state index in [0.717, 1.165) is 11.1 Å². The number of nitro benzene ring substituents is 1. The summed E-state index contributed by atoms with van der Waals surface area (Å²) in [7, 11) is 0. The molecule has 0 saturated carbocycles. The minimum atomic E-state index is -1.53. The summed E-state index contributed by atoms with van der Waals surface area (Å²) >= 11 is 0. The Bertz CT molecular complexity index is 1100. The van der Waals surface area contributed by atoms with Gasteiger partial charge in [0.2, 0.25) is 0 Å². The van der Waals surface area contributed by atoms with Crippen LogP contribution in [-0.4, -0.2) is 71.3 Å². The van der Waals surface area contributed by atoms with Gasteiger partial charge < -0.3 is 24.8 Å². The lowest BCUT2D eigenvalue weighted by Gasteiger charge is -2.28. The third-order valence-corrected chi connectivity index (χ3v) is 5.48. The Kier molecular flexibility index (Phi) is 11.7. The highest BCUT2D eigenvalue weighted by Crippen LogP contribution is 2.24. The molecule has 1 unspecified atom stereocenters. The zero-order valence-electron chi connectivity index (χ0n) is 22.1. The highest BCUT2D eigenvalue weighted by Gasteiger charge is 2.28. The SMILES string of the molecule is CCOC(=O)C(O)CN(CC(C)C)C(=O)N[C@@H](Cc1ccc(-c2cccc([N+](=O)[O-])c2)cc1)C(=O)OCC. The van der Waals surface area contributed by atoms with Crippen molar-refractivity contribution in [2.24, 2.45) is 5.92 Å². The number of ether oxygens (including phenoxy) is 2. The van der Waals surface area contributed by atoms with Gasteiger partial charge in [0, 0.05) is 25.1 Å². The molecule has 11 nitrogen and oxygen atoms in total. The molecule has 0 aliphatic heterocycles. The first-order valence-corrected chi connectivity index (χ1v) is 12.5.